The van der Waals surface area contributed by atoms with Crippen LogP contribution in [0, 0.1) is 3.57 Å². The highest BCUT2D eigenvalue weighted by molar-refractivity contribution is 14.1. The quantitative estimate of drug-likeness (QED) is 0.392. The molecule has 8 heteroatoms. The topological polar surface area (TPSA) is 55.4 Å². The van der Waals surface area contributed by atoms with Crippen molar-refractivity contribution in [3.05, 3.63) is 57.7 Å². The molecule has 24 heavy (non-hydrogen) atoms. The van der Waals surface area contributed by atoms with Crippen LogP contribution in [-0.2, 0) is 9.53 Å². The third-order valence-electron chi connectivity index (χ3n) is 2.80. The SMILES string of the molecule is O=C(COC(=O)c1ccc(SC(F)F)cc1)Nc1ccccc1I. The van der Waals surface area contributed by atoms with Gasteiger partial charge in [-0.05, 0) is 59.0 Å². The summed E-state index contributed by atoms with van der Waals surface area (Å²) in [6.07, 6.45) is 0. The molecule has 0 saturated carbocycles. The fraction of sp³-hybridized carbons (Fsp3) is 0.125. The fourth-order valence-corrected chi connectivity index (χ4v) is 2.76. The lowest BCUT2D eigenvalue weighted by Gasteiger charge is -2.08. The number of carbonyl (C=O) groups excluding carboxylic acids is 2. The first-order chi connectivity index (χ1) is 11.5. The van der Waals surface area contributed by atoms with Crippen LogP contribution in [0.15, 0.2) is 53.4 Å². The van der Waals surface area contributed by atoms with E-state index in [1.165, 1.54) is 24.3 Å². The van der Waals surface area contributed by atoms with Gasteiger partial charge in [-0.2, -0.15) is 8.78 Å². The van der Waals surface area contributed by atoms with Gasteiger partial charge < -0.3 is 10.1 Å². The standard InChI is InChI=1S/C16H12F2INO3S/c17-16(18)24-11-7-5-10(6-8-11)15(22)23-9-14(21)20-13-4-2-1-3-12(13)19/h1-8,16H,9H2,(H,20,21). The molecule has 1 amide bonds. The molecule has 0 aromatic heterocycles. The van der Waals surface area contributed by atoms with Crippen molar-refractivity contribution >= 4 is 51.9 Å². The highest BCUT2D eigenvalue weighted by Crippen LogP contribution is 2.25. The third kappa shape index (κ3) is 5.75. The second-order valence-electron chi connectivity index (χ2n) is 4.51. The number of anilines is 1. The van der Waals surface area contributed by atoms with E-state index in [0.717, 1.165) is 3.57 Å². The van der Waals surface area contributed by atoms with Gasteiger partial charge in [0.25, 0.3) is 11.7 Å². The van der Waals surface area contributed by atoms with Gasteiger partial charge in [0.2, 0.25) is 0 Å². The van der Waals surface area contributed by atoms with Crippen molar-refractivity contribution in [2.45, 2.75) is 10.7 Å². The van der Waals surface area contributed by atoms with Crippen molar-refractivity contribution in [1.29, 1.82) is 0 Å². The Bertz CT molecular complexity index is 726. The third-order valence-corrected chi connectivity index (χ3v) is 4.46. The number of alkyl halides is 2. The molecule has 1 N–H and O–H groups in total. The number of benzene rings is 2. The second-order valence-corrected chi connectivity index (χ2v) is 6.73. The number of hydrogen-bond donors (Lipinski definition) is 1. The Morgan fingerprint density at radius 1 is 1.12 bits per heavy atom. The molecule has 2 aromatic rings. The van der Waals surface area contributed by atoms with Gasteiger partial charge in [0.05, 0.1) is 11.3 Å². The zero-order valence-electron chi connectivity index (χ0n) is 12.2. The number of ether oxygens (including phenoxy) is 1. The van der Waals surface area contributed by atoms with Crippen LogP contribution in [0.2, 0.25) is 0 Å². The van der Waals surface area contributed by atoms with Gasteiger partial charge in [0.15, 0.2) is 6.61 Å². The molecule has 4 nitrogen and oxygen atoms in total. The maximum atomic E-state index is 12.2. The largest absolute Gasteiger partial charge is 0.452 e. The summed E-state index contributed by atoms with van der Waals surface area (Å²) < 4.78 is 30.2. The Hall–Kier alpha value is -1.68. The zero-order valence-corrected chi connectivity index (χ0v) is 15.1. The fourth-order valence-electron chi connectivity index (χ4n) is 1.74. The molecule has 0 aliphatic carbocycles. The van der Waals surface area contributed by atoms with Crippen LogP contribution in [0.5, 0.6) is 0 Å². The van der Waals surface area contributed by atoms with Crippen molar-refractivity contribution in [2.75, 3.05) is 11.9 Å². The summed E-state index contributed by atoms with van der Waals surface area (Å²) >= 11 is 2.47. The maximum absolute atomic E-state index is 12.2. The molecule has 0 heterocycles. The van der Waals surface area contributed by atoms with Gasteiger partial charge in [-0.1, -0.05) is 23.9 Å². The number of amides is 1. The number of hydrogen-bond acceptors (Lipinski definition) is 4. The Kier molecular flexibility index (Phi) is 6.98. The van der Waals surface area contributed by atoms with Crippen molar-refractivity contribution in [2.24, 2.45) is 0 Å². The van der Waals surface area contributed by atoms with Crippen LogP contribution in [0.25, 0.3) is 0 Å². The van der Waals surface area contributed by atoms with Gasteiger partial charge in [0.1, 0.15) is 0 Å². The number of carbonyl (C=O) groups is 2. The van der Waals surface area contributed by atoms with Crippen LogP contribution < -0.4 is 5.32 Å². The minimum absolute atomic E-state index is 0.190. The average Bonchev–Trinajstić information content (AvgIpc) is 2.55. The molecular formula is C16H12F2INO3S. The number of esters is 1. The van der Waals surface area contributed by atoms with Crippen LogP contribution in [-0.4, -0.2) is 24.2 Å². The number of para-hydroxylation sites is 1. The van der Waals surface area contributed by atoms with E-state index < -0.39 is 24.2 Å². The predicted octanol–water partition coefficient (Wildman–Crippen LogP) is 4.40. The molecule has 0 unspecified atom stereocenters. The predicted molar refractivity (Wildman–Crippen MR) is 96.4 cm³/mol. The smallest absolute Gasteiger partial charge is 0.338 e. The Morgan fingerprint density at radius 2 is 1.79 bits per heavy atom. The number of thioether (sulfide) groups is 1. The van der Waals surface area contributed by atoms with Gasteiger partial charge in [0, 0.05) is 8.47 Å². The first kappa shape index (κ1) is 18.7. The monoisotopic (exact) mass is 463 g/mol. The highest BCUT2D eigenvalue weighted by atomic mass is 127. The van der Waals surface area contributed by atoms with Gasteiger partial charge >= 0.3 is 5.97 Å². The minimum Gasteiger partial charge on any atom is -0.452 e. The summed E-state index contributed by atoms with van der Waals surface area (Å²) in [7, 11) is 0. The van der Waals surface area contributed by atoms with E-state index in [9.17, 15) is 18.4 Å². The van der Waals surface area contributed by atoms with Crippen LogP contribution >= 0.6 is 34.4 Å². The van der Waals surface area contributed by atoms with E-state index in [1.807, 2.05) is 12.1 Å². The molecule has 0 saturated heterocycles. The maximum Gasteiger partial charge on any atom is 0.338 e. The van der Waals surface area contributed by atoms with E-state index in [0.29, 0.717) is 22.3 Å². The van der Waals surface area contributed by atoms with Gasteiger partial charge in [-0.15, -0.1) is 0 Å². The second kappa shape index (κ2) is 8.97. The molecule has 0 fully saturated rings. The molecule has 0 radical (unpaired) electrons. The molecule has 0 bridgehead atoms. The number of halogens is 3. The summed E-state index contributed by atoms with van der Waals surface area (Å²) in [5.74, 6) is -3.67. The van der Waals surface area contributed by atoms with E-state index >= 15 is 0 Å². The molecule has 0 aliphatic rings. The summed E-state index contributed by atoms with van der Waals surface area (Å²) in [5.41, 5.74) is 0.822. The van der Waals surface area contributed by atoms with Gasteiger partial charge in [-0.3, -0.25) is 4.79 Å². The minimum atomic E-state index is -2.52. The lowest BCUT2D eigenvalue weighted by molar-refractivity contribution is -0.119. The summed E-state index contributed by atoms with van der Waals surface area (Å²) in [6.45, 7) is -0.433. The Balaban J connectivity index is 1.86. The molecule has 2 rings (SSSR count). The summed E-state index contributed by atoms with van der Waals surface area (Å²) in [4.78, 5) is 24.0. The first-order valence-electron chi connectivity index (χ1n) is 6.72. The van der Waals surface area contributed by atoms with Crippen LogP contribution in [0.1, 0.15) is 10.4 Å². The average molecular weight is 463 g/mol. The molecule has 0 aliphatic heterocycles. The molecular weight excluding hydrogens is 451 g/mol. The van der Waals surface area contributed by atoms with E-state index in [-0.39, 0.29) is 5.56 Å². The van der Waals surface area contributed by atoms with Crippen molar-refractivity contribution in [3.63, 3.8) is 0 Å². The van der Waals surface area contributed by atoms with E-state index in [2.05, 4.69) is 27.9 Å². The summed E-state index contributed by atoms with van der Waals surface area (Å²) in [5, 5.41) is 2.64. The lowest BCUT2D eigenvalue weighted by Crippen LogP contribution is -2.21. The number of rotatable bonds is 6. The molecule has 126 valence electrons. The highest BCUT2D eigenvalue weighted by Gasteiger charge is 2.12. The van der Waals surface area contributed by atoms with Crippen LogP contribution in [0.4, 0.5) is 14.5 Å². The molecule has 0 atom stereocenters. The van der Waals surface area contributed by atoms with Crippen LogP contribution in [0.3, 0.4) is 0 Å². The lowest BCUT2D eigenvalue weighted by atomic mass is 10.2. The Labute approximate surface area is 155 Å². The molecule has 2 aromatic carbocycles. The van der Waals surface area contributed by atoms with Crippen molar-refractivity contribution < 1.29 is 23.1 Å². The number of nitrogens with one attached hydrogen (secondary N) is 1. The van der Waals surface area contributed by atoms with E-state index in [1.54, 1.807) is 12.1 Å². The van der Waals surface area contributed by atoms with Crippen molar-refractivity contribution in [3.8, 4) is 0 Å². The van der Waals surface area contributed by atoms with Gasteiger partial charge in [-0.25, -0.2) is 4.79 Å². The summed E-state index contributed by atoms with van der Waals surface area (Å²) in [6, 6.07) is 12.8. The molecule has 0 spiro atoms. The Morgan fingerprint density at radius 3 is 2.42 bits per heavy atom. The van der Waals surface area contributed by atoms with Crippen molar-refractivity contribution in [1.82, 2.24) is 0 Å². The van der Waals surface area contributed by atoms with E-state index in [4.69, 9.17) is 4.74 Å². The normalized spacial score (nSPS) is 10.5. The zero-order chi connectivity index (χ0) is 17.5. The first-order valence-corrected chi connectivity index (χ1v) is 8.68.